The molecule has 1 atom stereocenters. The predicted octanol–water partition coefficient (Wildman–Crippen LogP) is 1.55. The van der Waals surface area contributed by atoms with Crippen molar-refractivity contribution in [1.29, 1.82) is 0 Å². The number of ketones is 1. The molecule has 0 aromatic carbocycles. The Morgan fingerprint density at radius 3 is 2.60 bits per heavy atom. The number of nitrogen functional groups attached to an aromatic ring is 1. The van der Waals surface area contributed by atoms with Crippen LogP contribution in [0.5, 0.6) is 0 Å². The summed E-state index contributed by atoms with van der Waals surface area (Å²) in [5, 5.41) is 0.559. The zero-order valence-electron chi connectivity index (χ0n) is 18.9. The Balaban J connectivity index is 1.34. The van der Waals surface area contributed by atoms with Crippen LogP contribution >= 0.6 is 0 Å². The molecular weight excluding hydrogens is 448 g/mol. The number of nitrogens with two attached hydrogens (primary N) is 1. The van der Waals surface area contributed by atoms with Gasteiger partial charge in [0.05, 0.1) is 23.5 Å². The van der Waals surface area contributed by atoms with Gasteiger partial charge in [-0.15, -0.1) is 0 Å². The Labute approximate surface area is 200 Å². The van der Waals surface area contributed by atoms with E-state index in [4.69, 9.17) is 5.73 Å². The van der Waals surface area contributed by atoms with Crippen LogP contribution in [0.2, 0.25) is 0 Å². The molecule has 3 N–H and O–H groups in total. The lowest BCUT2D eigenvalue weighted by Crippen LogP contribution is -2.56. The van der Waals surface area contributed by atoms with Crippen molar-refractivity contribution >= 4 is 34.3 Å². The molecule has 176 valence electrons. The number of nitrogens with one attached hydrogen (secondary N) is 1. The third kappa shape index (κ3) is 4.07. The maximum absolute atomic E-state index is 13.2. The van der Waals surface area contributed by atoms with Crippen LogP contribution < -0.4 is 5.73 Å². The standard InChI is InChI=1S/C24H22N8O3/c1-14-13-31(8-9-32(14)23(34)17-4-2-3-6-26-17)24(35)22(33)16-10-30-20-15(16)5-7-27-21(20)18-11-29-19(25)12-28-18/h2-7,10-12,14,30H,8-9,13H2,1H3,(H2,25,29)/t14-/m1/s1. The van der Waals surface area contributed by atoms with Gasteiger partial charge in [0.1, 0.15) is 22.9 Å². The van der Waals surface area contributed by atoms with E-state index in [0.717, 1.165) is 0 Å². The van der Waals surface area contributed by atoms with Gasteiger partial charge >= 0.3 is 0 Å². The number of amides is 2. The zero-order chi connectivity index (χ0) is 24.5. The van der Waals surface area contributed by atoms with Gasteiger partial charge in [-0.1, -0.05) is 6.07 Å². The summed E-state index contributed by atoms with van der Waals surface area (Å²) in [6.45, 7) is 2.67. The first-order chi connectivity index (χ1) is 16.9. The Morgan fingerprint density at radius 2 is 1.89 bits per heavy atom. The average Bonchev–Trinajstić information content (AvgIpc) is 3.33. The number of H-pyrrole nitrogens is 1. The Kier molecular flexibility index (Phi) is 5.65. The van der Waals surface area contributed by atoms with E-state index >= 15 is 0 Å². The number of carbonyl (C=O) groups excluding carboxylic acids is 3. The van der Waals surface area contributed by atoms with Gasteiger partial charge in [0.15, 0.2) is 0 Å². The van der Waals surface area contributed by atoms with Crippen molar-refractivity contribution in [2.24, 2.45) is 0 Å². The second-order valence-corrected chi connectivity index (χ2v) is 8.25. The van der Waals surface area contributed by atoms with E-state index in [-0.39, 0.29) is 36.4 Å². The molecule has 1 aliphatic heterocycles. The SMILES string of the molecule is C[C@@H]1CN(C(=O)C(=O)c2c[nH]c3c(-c4cnc(N)cn4)nccc23)CCN1C(=O)c1ccccn1. The Hall–Kier alpha value is -4.67. The number of hydrogen-bond acceptors (Lipinski definition) is 8. The number of fused-ring (bicyclic) bond motifs is 1. The highest BCUT2D eigenvalue weighted by molar-refractivity contribution is 6.45. The minimum atomic E-state index is -0.631. The third-order valence-electron chi connectivity index (χ3n) is 6.01. The van der Waals surface area contributed by atoms with Gasteiger partial charge in [-0.25, -0.2) is 9.97 Å². The van der Waals surface area contributed by atoms with Gasteiger partial charge in [-0.3, -0.25) is 24.4 Å². The maximum Gasteiger partial charge on any atom is 0.295 e. The van der Waals surface area contributed by atoms with Crippen LogP contribution in [0.3, 0.4) is 0 Å². The van der Waals surface area contributed by atoms with Crippen molar-refractivity contribution in [3.05, 3.63) is 66.5 Å². The molecule has 4 aromatic rings. The highest BCUT2D eigenvalue weighted by atomic mass is 16.2. The molecule has 1 saturated heterocycles. The molecule has 0 bridgehead atoms. The van der Waals surface area contributed by atoms with Gasteiger partial charge in [0.2, 0.25) is 0 Å². The van der Waals surface area contributed by atoms with Crippen LogP contribution in [0, 0.1) is 0 Å². The number of carbonyl (C=O) groups is 3. The van der Waals surface area contributed by atoms with Crippen LogP contribution in [-0.2, 0) is 4.79 Å². The van der Waals surface area contributed by atoms with Crippen LogP contribution in [0.4, 0.5) is 5.82 Å². The second kappa shape index (κ2) is 8.93. The lowest BCUT2D eigenvalue weighted by molar-refractivity contribution is -0.128. The fraction of sp³-hybridized carbons (Fsp3) is 0.208. The van der Waals surface area contributed by atoms with E-state index < -0.39 is 11.7 Å². The molecule has 0 aliphatic carbocycles. The first-order valence-corrected chi connectivity index (χ1v) is 11.0. The van der Waals surface area contributed by atoms with Crippen LogP contribution in [0.15, 0.2) is 55.2 Å². The van der Waals surface area contributed by atoms with E-state index in [1.165, 1.54) is 23.5 Å². The Morgan fingerprint density at radius 1 is 1.03 bits per heavy atom. The van der Waals surface area contributed by atoms with Crippen molar-refractivity contribution < 1.29 is 14.4 Å². The summed E-state index contributed by atoms with van der Waals surface area (Å²) in [6.07, 6.45) is 7.55. The number of anilines is 1. The molecule has 5 rings (SSSR count). The molecule has 11 heteroatoms. The molecule has 2 amide bonds. The lowest BCUT2D eigenvalue weighted by Gasteiger charge is -2.39. The second-order valence-electron chi connectivity index (χ2n) is 8.25. The Bertz CT molecular complexity index is 1420. The predicted molar refractivity (Wildman–Crippen MR) is 127 cm³/mol. The highest BCUT2D eigenvalue weighted by Gasteiger charge is 2.34. The monoisotopic (exact) mass is 470 g/mol. The number of rotatable bonds is 4. The van der Waals surface area contributed by atoms with Gasteiger partial charge in [0, 0.05) is 49.7 Å². The molecule has 0 unspecified atom stereocenters. The van der Waals surface area contributed by atoms with Crippen molar-refractivity contribution in [2.75, 3.05) is 25.4 Å². The first kappa shape index (κ1) is 22.1. The van der Waals surface area contributed by atoms with Crippen molar-refractivity contribution in [2.45, 2.75) is 13.0 Å². The molecule has 1 fully saturated rings. The summed E-state index contributed by atoms with van der Waals surface area (Å²) >= 11 is 0. The van der Waals surface area contributed by atoms with Crippen molar-refractivity contribution in [3.8, 4) is 11.4 Å². The number of aromatic amines is 1. The highest BCUT2D eigenvalue weighted by Crippen LogP contribution is 2.27. The smallest absolute Gasteiger partial charge is 0.295 e. The number of aromatic nitrogens is 5. The number of nitrogens with zero attached hydrogens (tertiary/aromatic N) is 6. The number of Topliss-reactive ketones (excluding diaryl/α,β-unsaturated/α-hetero) is 1. The summed E-state index contributed by atoms with van der Waals surface area (Å²) in [5.41, 5.74) is 7.77. The van der Waals surface area contributed by atoms with Gasteiger partial charge < -0.3 is 20.5 Å². The van der Waals surface area contributed by atoms with E-state index in [9.17, 15) is 14.4 Å². The third-order valence-corrected chi connectivity index (χ3v) is 6.01. The fourth-order valence-corrected chi connectivity index (χ4v) is 4.24. The van der Waals surface area contributed by atoms with Gasteiger partial charge in [-0.05, 0) is 25.1 Å². The number of hydrogen-bond donors (Lipinski definition) is 2. The summed E-state index contributed by atoms with van der Waals surface area (Å²) in [7, 11) is 0. The van der Waals surface area contributed by atoms with Crippen LogP contribution in [0.25, 0.3) is 22.3 Å². The molecule has 0 spiro atoms. The normalized spacial score (nSPS) is 15.9. The lowest BCUT2D eigenvalue weighted by atomic mass is 10.1. The van der Waals surface area contributed by atoms with Gasteiger partial charge in [-0.2, -0.15) is 0 Å². The number of pyridine rings is 2. The van der Waals surface area contributed by atoms with Crippen molar-refractivity contribution in [1.82, 2.24) is 34.7 Å². The van der Waals surface area contributed by atoms with E-state index in [0.29, 0.717) is 34.5 Å². The van der Waals surface area contributed by atoms with Crippen LogP contribution in [0.1, 0.15) is 27.8 Å². The molecule has 4 aromatic heterocycles. The van der Waals surface area contributed by atoms with Crippen molar-refractivity contribution in [3.63, 3.8) is 0 Å². The minimum Gasteiger partial charge on any atom is -0.382 e. The van der Waals surface area contributed by atoms with Gasteiger partial charge in [0.25, 0.3) is 17.6 Å². The van der Waals surface area contributed by atoms with E-state index in [2.05, 4.69) is 24.9 Å². The molecule has 35 heavy (non-hydrogen) atoms. The topological polar surface area (TPSA) is 151 Å². The quantitative estimate of drug-likeness (QED) is 0.337. The summed E-state index contributed by atoms with van der Waals surface area (Å²) in [6, 6.07) is 6.57. The fourth-order valence-electron chi connectivity index (χ4n) is 4.24. The number of piperazine rings is 1. The summed E-state index contributed by atoms with van der Waals surface area (Å²) < 4.78 is 0. The minimum absolute atomic E-state index is 0.195. The van der Waals surface area contributed by atoms with E-state index in [1.807, 2.05) is 6.92 Å². The average molecular weight is 470 g/mol. The largest absolute Gasteiger partial charge is 0.382 e. The summed E-state index contributed by atoms with van der Waals surface area (Å²) in [4.78, 5) is 62.1. The van der Waals surface area contributed by atoms with Crippen LogP contribution in [-0.4, -0.2) is 78.0 Å². The molecule has 0 saturated carbocycles. The molecule has 0 radical (unpaired) electrons. The van der Waals surface area contributed by atoms with E-state index in [1.54, 1.807) is 41.6 Å². The molecule has 5 heterocycles. The molecule has 1 aliphatic rings. The zero-order valence-corrected chi connectivity index (χ0v) is 18.9. The molecular formula is C24H22N8O3. The molecule has 11 nitrogen and oxygen atoms in total. The maximum atomic E-state index is 13.2. The first-order valence-electron chi connectivity index (χ1n) is 11.0. The summed E-state index contributed by atoms with van der Waals surface area (Å²) in [5.74, 6) is -1.16.